The molecule has 0 aromatic heterocycles. The first-order valence-corrected chi connectivity index (χ1v) is 8.29. The number of benzene rings is 1. The number of hydrogen-bond acceptors (Lipinski definition) is 3. The van der Waals surface area contributed by atoms with E-state index in [9.17, 15) is 0 Å². The van der Waals surface area contributed by atoms with Crippen molar-refractivity contribution in [2.75, 3.05) is 44.7 Å². The van der Waals surface area contributed by atoms with Gasteiger partial charge in [0.2, 0.25) is 0 Å². The number of rotatable bonds is 5. The Balaban J connectivity index is 2.04. The van der Waals surface area contributed by atoms with E-state index in [1.165, 1.54) is 30.9 Å². The smallest absolute Gasteiger partial charge is 0.0424 e. The lowest BCUT2D eigenvalue weighted by atomic mass is 10.1. The van der Waals surface area contributed by atoms with Crippen molar-refractivity contribution in [2.45, 2.75) is 20.4 Å². The Morgan fingerprint density at radius 1 is 1.20 bits per heavy atom. The number of nitrogens with zero attached hydrogens (tertiary/aromatic N) is 2. The highest BCUT2D eigenvalue weighted by atomic mass is 79.9. The largest absolute Gasteiger partial charge is 0.369 e. The molecule has 3 nitrogen and oxygen atoms in total. The van der Waals surface area contributed by atoms with Gasteiger partial charge in [0.05, 0.1) is 0 Å². The summed E-state index contributed by atoms with van der Waals surface area (Å²) in [5.74, 6) is 0.757. The van der Waals surface area contributed by atoms with Gasteiger partial charge >= 0.3 is 0 Å². The van der Waals surface area contributed by atoms with E-state index in [0.29, 0.717) is 0 Å². The maximum Gasteiger partial charge on any atom is 0.0424 e. The van der Waals surface area contributed by atoms with Gasteiger partial charge in [0.15, 0.2) is 0 Å². The number of halogens is 1. The Morgan fingerprint density at radius 3 is 2.50 bits per heavy atom. The molecule has 1 aromatic rings. The number of nitrogens with one attached hydrogen (secondary N) is 1. The third-order valence-corrected chi connectivity index (χ3v) is 4.24. The standard InChI is InChI=1S/C16H26BrN3/c1-13(2)12-19-6-8-20(9-7-19)16-10-15(17)5-4-14(16)11-18-3/h4-5,10,13,18H,6-9,11-12H2,1-3H3. The van der Waals surface area contributed by atoms with Crippen molar-refractivity contribution in [2.24, 2.45) is 5.92 Å². The molecule has 112 valence electrons. The van der Waals surface area contributed by atoms with Crippen LogP contribution in [0.4, 0.5) is 5.69 Å². The second kappa shape index (κ2) is 7.43. The van der Waals surface area contributed by atoms with E-state index < -0.39 is 0 Å². The molecule has 1 aliphatic heterocycles. The summed E-state index contributed by atoms with van der Waals surface area (Å²) in [6.45, 7) is 11.3. The molecule has 0 radical (unpaired) electrons. The predicted octanol–water partition coefficient (Wildman–Crippen LogP) is 2.95. The van der Waals surface area contributed by atoms with Crippen molar-refractivity contribution in [1.82, 2.24) is 10.2 Å². The number of hydrogen-bond donors (Lipinski definition) is 1. The van der Waals surface area contributed by atoms with Gasteiger partial charge < -0.3 is 10.2 Å². The maximum absolute atomic E-state index is 3.60. The van der Waals surface area contributed by atoms with Crippen LogP contribution in [0, 0.1) is 5.92 Å². The first-order chi connectivity index (χ1) is 9.60. The summed E-state index contributed by atoms with van der Waals surface area (Å²) in [6.07, 6.45) is 0. The van der Waals surface area contributed by atoms with Gasteiger partial charge in [-0.2, -0.15) is 0 Å². The Labute approximate surface area is 131 Å². The van der Waals surface area contributed by atoms with Crippen LogP contribution in [0.2, 0.25) is 0 Å². The highest BCUT2D eigenvalue weighted by Crippen LogP contribution is 2.26. The lowest BCUT2D eigenvalue weighted by molar-refractivity contribution is 0.231. The molecule has 2 rings (SSSR count). The number of anilines is 1. The van der Waals surface area contributed by atoms with Crippen LogP contribution in [0.1, 0.15) is 19.4 Å². The van der Waals surface area contributed by atoms with Gasteiger partial charge in [-0.3, -0.25) is 4.90 Å². The van der Waals surface area contributed by atoms with Gasteiger partial charge in [-0.05, 0) is 30.7 Å². The molecule has 1 saturated heterocycles. The van der Waals surface area contributed by atoms with Gasteiger partial charge in [0.25, 0.3) is 0 Å². The van der Waals surface area contributed by atoms with E-state index in [-0.39, 0.29) is 0 Å². The minimum atomic E-state index is 0.757. The molecule has 1 N–H and O–H groups in total. The van der Waals surface area contributed by atoms with Crippen LogP contribution in [-0.4, -0.2) is 44.7 Å². The fraction of sp³-hybridized carbons (Fsp3) is 0.625. The van der Waals surface area contributed by atoms with Crippen molar-refractivity contribution in [3.05, 3.63) is 28.2 Å². The SMILES string of the molecule is CNCc1ccc(Br)cc1N1CCN(CC(C)C)CC1. The molecular formula is C16H26BrN3. The van der Waals surface area contributed by atoms with E-state index in [1.807, 2.05) is 7.05 Å². The zero-order chi connectivity index (χ0) is 14.5. The van der Waals surface area contributed by atoms with Crippen LogP contribution in [0.15, 0.2) is 22.7 Å². The quantitative estimate of drug-likeness (QED) is 0.889. The average Bonchev–Trinajstić information content (AvgIpc) is 2.41. The topological polar surface area (TPSA) is 18.5 Å². The average molecular weight is 340 g/mol. The van der Waals surface area contributed by atoms with E-state index in [2.05, 4.69) is 63.1 Å². The molecular weight excluding hydrogens is 314 g/mol. The minimum absolute atomic E-state index is 0.757. The van der Waals surface area contributed by atoms with Gasteiger partial charge in [0.1, 0.15) is 0 Å². The Hall–Kier alpha value is -0.580. The maximum atomic E-state index is 3.60. The lowest BCUT2D eigenvalue weighted by Gasteiger charge is -2.37. The molecule has 0 amide bonds. The van der Waals surface area contributed by atoms with Crippen molar-refractivity contribution >= 4 is 21.6 Å². The van der Waals surface area contributed by atoms with Crippen molar-refractivity contribution in [3.63, 3.8) is 0 Å². The summed E-state index contributed by atoms with van der Waals surface area (Å²) in [6, 6.07) is 6.60. The second-order valence-corrected chi connectivity index (χ2v) is 6.90. The molecule has 1 heterocycles. The van der Waals surface area contributed by atoms with Crippen molar-refractivity contribution in [1.29, 1.82) is 0 Å². The zero-order valence-electron chi connectivity index (χ0n) is 12.8. The van der Waals surface area contributed by atoms with Crippen LogP contribution < -0.4 is 10.2 Å². The first-order valence-electron chi connectivity index (χ1n) is 7.50. The molecule has 0 spiro atoms. The molecule has 0 aliphatic carbocycles. The molecule has 0 atom stereocenters. The summed E-state index contributed by atoms with van der Waals surface area (Å²) >= 11 is 3.60. The van der Waals surface area contributed by atoms with Crippen LogP contribution in [0.3, 0.4) is 0 Å². The Morgan fingerprint density at radius 2 is 1.90 bits per heavy atom. The molecule has 0 unspecified atom stereocenters. The van der Waals surface area contributed by atoms with Gasteiger partial charge in [-0.1, -0.05) is 35.8 Å². The minimum Gasteiger partial charge on any atom is -0.369 e. The fourth-order valence-corrected chi connectivity index (χ4v) is 3.21. The Kier molecular flexibility index (Phi) is 5.87. The molecule has 0 bridgehead atoms. The molecule has 1 aromatic carbocycles. The van der Waals surface area contributed by atoms with Crippen LogP contribution in [0.25, 0.3) is 0 Å². The zero-order valence-corrected chi connectivity index (χ0v) is 14.4. The summed E-state index contributed by atoms with van der Waals surface area (Å²) in [5, 5.41) is 3.27. The summed E-state index contributed by atoms with van der Waals surface area (Å²) in [4.78, 5) is 5.10. The molecule has 20 heavy (non-hydrogen) atoms. The van der Waals surface area contributed by atoms with E-state index >= 15 is 0 Å². The molecule has 1 fully saturated rings. The fourth-order valence-electron chi connectivity index (χ4n) is 2.86. The molecule has 0 saturated carbocycles. The van der Waals surface area contributed by atoms with Crippen LogP contribution in [0.5, 0.6) is 0 Å². The lowest BCUT2D eigenvalue weighted by Crippen LogP contribution is -2.47. The van der Waals surface area contributed by atoms with Crippen LogP contribution >= 0.6 is 15.9 Å². The monoisotopic (exact) mass is 339 g/mol. The second-order valence-electron chi connectivity index (χ2n) is 5.98. The van der Waals surface area contributed by atoms with E-state index in [1.54, 1.807) is 0 Å². The van der Waals surface area contributed by atoms with Crippen molar-refractivity contribution < 1.29 is 0 Å². The highest BCUT2D eigenvalue weighted by Gasteiger charge is 2.19. The molecule has 4 heteroatoms. The summed E-state index contributed by atoms with van der Waals surface area (Å²) < 4.78 is 1.16. The third-order valence-electron chi connectivity index (χ3n) is 3.75. The normalized spacial score (nSPS) is 16.9. The van der Waals surface area contributed by atoms with Crippen LogP contribution in [-0.2, 0) is 6.54 Å². The summed E-state index contributed by atoms with van der Waals surface area (Å²) in [7, 11) is 2.01. The van der Waals surface area contributed by atoms with Crippen molar-refractivity contribution in [3.8, 4) is 0 Å². The van der Waals surface area contributed by atoms with E-state index in [4.69, 9.17) is 0 Å². The Bertz CT molecular complexity index is 426. The predicted molar refractivity (Wildman–Crippen MR) is 90.4 cm³/mol. The first kappa shape index (κ1) is 15.8. The van der Waals surface area contributed by atoms with Gasteiger partial charge in [0, 0.05) is 49.4 Å². The third kappa shape index (κ3) is 4.21. The summed E-state index contributed by atoms with van der Waals surface area (Å²) in [5.41, 5.74) is 2.76. The number of piperazine rings is 1. The van der Waals surface area contributed by atoms with Gasteiger partial charge in [-0.25, -0.2) is 0 Å². The molecule has 1 aliphatic rings. The van der Waals surface area contributed by atoms with E-state index in [0.717, 1.165) is 30.0 Å². The van der Waals surface area contributed by atoms with Gasteiger partial charge in [-0.15, -0.1) is 0 Å². The highest BCUT2D eigenvalue weighted by molar-refractivity contribution is 9.10.